The standard InChI is InChI=1S/C19H24N2O4S/c1-2-25-19(24)14-7-10-20(11-8-14)17(22)9-12-21-15-5-3-4-6-16(15)26-13-18(21)23/h3-6,14H,2,7-13H2,1H3. The second-order valence-electron chi connectivity index (χ2n) is 6.46. The molecule has 0 atom stereocenters. The first kappa shape index (κ1) is 18.8. The Labute approximate surface area is 157 Å². The summed E-state index contributed by atoms with van der Waals surface area (Å²) in [5, 5.41) is 0. The Morgan fingerprint density at radius 2 is 1.96 bits per heavy atom. The molecule has 26 heavy (non-hydrogen) atoms. The third-order valence-electron chi connectivity index (χ3n) is 4.83. The maximum absolute atomic E-state index is 12.5. The fraction of sp³-hybridized carbons (Fsp3) is 0.526. The maximum atomic E-state index is 12.5. The van der Waals surface area contributed by atoms with Gasteiger partial charge in [0.1, 0.15) is 0 Å². The van der Waals surface area contributed by atoms with Gasteiger partial charge in [0.2, 0.25) is 11.8 Å². The molecule has 0 aromatic heterocycles. The number of hydrogen-bond donors (Lipinski definition) is 0. The first-order valence-corrected chi connectivity index (χ1v) is 10.0. The zero-order valence-electron chi connectivity index (χ0n) is 15.0. The average Bonchev–Trinajstić information content (AvgIpc) is 2.67. The van der Waals surface area contributed by atoms with Crippen LogP contribution in [0.2, 0.25) is 0 Å². The number of fused-ring (bicyclic) bond motifs is 1. The number of carbonyl (C=O) groups excluding carboxylic acids is 3. The van der Waals surface area contributed by atoms with Gasteiger partial charge in [0.25, 0.3) is 0 Å². The third-order valence-corrected chi connectivity index (χ3v) is 5.87. The summed E-state index contributed by atoms with van der Waals surface area (Å²) in [5.74, 6) is 0.230. The Kier molecular flexibility index (Phi) is 6.19. The van der Waals surface area contributed by atoms with E-state index < -0.39 is 0 Å². The molecule has 2 amide bonds. The molecule has 0 unspecified atom stereocenters. The number of anilines is 1. The van der Waals surface area contributed by atoms with Crippen LogP contribution in [0.25, 0.3) is 0 Å². The van der Waals surface area contributed by atoms with Gasteiger partial charge in [-0.15, -0.1) is 11.8 Å². The molecule has 2 aliphatic rings. The lowest BCUT2D eigenvalue weighted by molar-refractivity contribution is -0.151. The molecular weight excluding hydrogens is 352 g/mol. The van der Waals surface area contributed by atoms with Crippen LogP contribution < -0.4 is 4.90 Å². The lowest BCUT2D eigenvalue weighted by atomic mass is 9.97. The Morgan fingerprint density at radius 1 is 1.23 bits per heavy atom. The van der Waals surface area contributed by atoms with Crippen LogP contribution in [0.4, 0.5) is 5.69 Å². The fourth-order valence-corrected chi connectivity index (χ4v) is 4.33. The lowest BCUT2D eigenvalue weighted by Crippen LogP contribution is -2.43. The smallest absolute Gasteiger partial charge is 0.309 e. The molecule has 0 saturated carbocycles. The van der Waals surface area contributed by atoms with Crippen LogP contribution in [0, 0.1) is 5.92 Å². The molecule has 0 radical (unpaired) electrons. The maximum Gasteiger partial charge on any atom is 0.309 e. The predicted molar refractivity (Wildman–Crippen MR) is 100 cm³/mol. The van der Waals surface area contributed by atoms with Gasteiger partial charge in [-0.25, -0.2) is 0 Å². The number of esters is 1. The number of benzene rings is 1. The molecule has 7 heteroatoms. The summed E-state index contributed by atoms with van der Waals surface area (Å²) in [6.07, 6.45) is 1.59. The van der Waals surface area contributed by atoms with Gasteiger partial charge in [0.15, 0.2) is 0 Å². The topological polar surface area (TPSA) is 66.9 Å². The number of ether oxygens (including phenoxy) is 1. The number of carbonyl (C=O) groups is 3. The van der Waals surface area contributed by atoms with Gasteiger partial charge in [-0.3, -0.25) is 14.4 Å². The van der Waals surface area contributed by atoms with E-state index in [2.05, 4.69) is 0 Å². The van der Waals surface area contributed by atoms with Crippen molar-refractivity contribution in [3.8, 4) is 0 Å². The number of hydrogen-bond acceptors (Lipinski definition) is 5. The average molecular weight is 376 g/mol. The molecule has 1 fully saturated rings. The summed E-state index contributed by atoms with van der Waals surface area (Å²) in [6.45, 7) is 3.73. The van der Waals surface area contributed by atoms with Gasteiger partial charge >= 0.3 is 5.97 Å². The number of likely N-dealkylation sites (tertiary alicyclic amines) is 1. The van der Waals surface area contributed by atoms with E-state index >= 15 is 0 Å². The van der Waals surface area contributed by atoms with Crippen molar-refractivity contribution in [1.82, 2.24) is 4.90 Å². The van der Waals surface area contributed by atoms with E-state index in [0.29, 0.717) is 51.3 Å². The van der Waals surface area contributed by atoms with Gasteiger partial charge < -0.3 is 14.5 Å². The predicted octanol–water partition coefficient (Wildman–Crippen LogP) is 2.32. The highest BCUT2D eigenvalue weighted by atomic mass is 32.2. The van der Waals surface area contributed by atoms with E-state index in [9.17, 15) is 14.4 Å². The molecule has 0 aliphatic carbocycles. The summed E-state index contributed by atoms with van der Waals surface area (Å²) in [6, 6.07) is 7.79. The van der Waals surface area contributed by atoms with Crippen molar-refractivity contribution in [2.45, 2.75) is 31.1 Å². The van der Waals surface area contributed by atoms with Crippen molar-refractivity contribution in [2.75, 3.05) is 36.9 Å². The van der Waals surface area contributed by atoms with Crippen molar-refractivity contribution < 1.29 is 19.1 Å². The summed E-state index contributed by atoms with van der Waals surface area (Å²) in [4.78, 5) is 41.2. The van der Waals surface area contributed by atoms with Crippen LogP contribution in [0.5, 0.6) is 0 Å². The highest BCUT2D eigenvalue weighted by Gasteiger charge is 2.29. The lowest BCUT2D eigenvalue weighted by Gasteiger charge is -2.32. The quantitative estimate of drug-likeness (QED) is 0.738. The number of nitrogens with zero attached hydrogens (tertiary/aromatic N) is 2. The zero-order valence-corrected chi connectivity index (χ0v) is 15.8. The van der Waals surface area contributed by atoms with Crippen LogP contribution in [-0.4, -0.2) is 54.7 Å². The summed E-state index contributed by atoms with van der Waals surface area (Å²) >= 11 is 1.54. The molecule has 6 nitrogen and oxygen atoms in total. The van der Waals surface area contributed by atoms with Gasteiger partial charge in [-0.05, 0) is 31.9 Å². The Bertz CT molecular complexity index is 686. The first-order valence-electron chi connectivity index (χ1n) is 9.06. The van der Waals surface area contributed by atoms with Gasteiger partial charge in [-0.2, -0.15) is 0 Å². The fourth-order valence-electron chi connectivity index (χ4n) is 3.39. The summed E-state index contributed by atoms with van der Waals surface area (Å²) in [7, 11) is 0. The highest BCUT2D eigenvalue weighted by Crippen LogP contribution is 2.35. The molecular formula is C19H24N2O4S. The molecule has 3 rings (SSSR count). The monoisotopic (exact) mass is 376 g/mol. The number of piperidine rings is 1. The number of thioether (sulfide) groups is 1. The molecule has 0 N–H and O–H groups in total. The van der Waals surface area contributed by atoms with Crippen molar-refractivity contribution in [3.05, 3.63) is 24.3 Å². The number of rotatable bonds is 5. The second kappa shape index (κ2) is 8.58. The molecule has 140 valence electrons. The number of para-hydroxylation sites is 1. The first-order chi connectivity index (χ1) is 12.6. The van der Waals surface area contributed by atoms with Crippen molar-refractivity contribution in [3.63, 3.8) is 0 Å². The Balaban J connectivity index is 1.52. The van der Waals surface area contributed by atoms with Crippen molar-refractivity contribution in [2.24, 2.45) is 5.92 Å². The Hall–Kier alpha value is -2.02. The largest absolute Gasteiger partial charge is 0.466 e. The zero-order chi connectivity index (χ0) is 18.5. The van der Waals surface area contributed by atoms with Gasteiger partial charge in [0.05, 0.1) is 24.0 Å². The van der Waals surface area contributed by atoms with E-state index in [4.69, 9.17) is 4.74 Å². The van der Waals surface area contributed by atoms with E-state index in [1.807, 2.05) is 24.3 Å². The Morgan fingerprint density at radius 3 is 2.69 bits per heavy atom. The summed E-state index contributed by atoms with van der Waals surface area (Å²) < 4.78 is 5.06. The van der Waals surface area contributed by atoms with Crippen LogP contribution in [0.3, 0.4) is 0 Å². The van der Waals surface area contributed by atoms with Gasteiger partial charge in [-0.1, -0.05) is 12.1 Å². The minimum absolute atomic E-state index is 0.0378. The van der Waals surface area contributed by atoms with E-state index in [1.165, 1.54) is 11.8 Å². The van der Waals surface area contributed by atoms with Crippen molar-refractivity contribution >= 4 is 35.2 Å². The minimum Gasteiger partial charge on any atom is -0.466 e. The summed E-state index contributed by atoms with van der Waals surface area (Å²) in [5.41, 5.74) is 0.891. The molecule has 1 aromatic rings. The normalized spacial score (nSPS) is 17.8. The molecule has 0 bridgehead atoms. The van der Waals surface area contributed by atoms with Gasteiger partial charge in [0, 0.05) is 31.0 Å². The number of amides is 2. The van der Waals surface area contributed by atoms with Crippen LogP contribution in [-0.2, 0) is 19.1 Å². The minimum atomic E-state index is -0.160. The van der Waals surface area contributed by atoms with E-state index in [-0.39, 0.29) is 23.7 Å². The second-order valence-corrected chi connectivity index (χ2v) is 7.48. The third kappa shape index (κ3) is 4.20. The highest BCUT2D eigenvalue weighted by molar-refractivity contribution is 8.00. The molecule has 0 spiro atoms. The van der Waals surface area contributed by atoms with Crippen LogP contribution >= 0.6 is 11.8 Å². The molecule has 2 heterocycles. The SMILES string of the molecule is CCOC(=O)C1CCN(C(=O)CCN2C(=O)CSc3ccccc32)CC1. The van der Waals surface area contributed by atoms with Crippen LogP contribution in [0.1, 0.15) is 26.2 Å². The van der Waals surface area contributed by atoms with Crippen LogP contribution in [0.15, 0.2) is 29.2 Å². The molecule has 1 saturated heterocycles. The van der Waals surface area contributed by atoms with Crippen molar-refractivity contribution in [1.29, 1.82) is 0 Å². The van der Waals surface area contributed by atoms with E-state index in [0.717, 1.165) is 10.6 Å². The molecule has 1 aromatic carbocycles. The van der Waals surface area contributed by atoms with E-state index in [1.54, 1.807) is 16.7 Å². The molecule has 2 aliphatic heterocycles.